The molecular weight excluding hydrogens is 564 g/mol. The fourth-order valence-electron chi connectivity index (χ4n) is 7.57. The van der Waals surface area contributed by atoms with E-state index in [1.54, 1.807) is 14.0 Å². The smallest absolute Gasteiger partial charge is 0.303 e. The van der Waals surface area contributed by atoms with Gasteiger partial charge in [-0.1, -0.05) is 37.5 Å². The number of aromatic nitrogens is 1. The molecule has 2 aromatic rings. The molecule has 4 aliphatic rings. The Kier molecular flexibility index (Phi) is 7.79. The van der Waals surface area contributed by atoms with Crippen molar-refractivity contribution in [3.63, 3.8) is 0 Å². The van der Waals surface area contributed by atoms with Crippen molar-refractivity contribution in [3.05, 3.63) is 63.9 Å². The van der Waals surface area contributed by atoms with Gasteiger partial charge >= 0.3 is 10.2 Å². The number of amides is 2. The van der Waals surface area contributed by atoms with Crippen LogP contribution in [0.2, 0.25) is 0 Å². The third kappa shape index (κ3) is 5.12. The van der Waals surface area contributed by atoms with E-state index in [2.05, 4.69) is 39.6 Å². The summed E-state index contributed by atoms with van der Waals surface area (Å²) in [5, 5.41) is 1.07. The molecule has 1 aliphatic heterocycles. The Hall–Kier alpha value is -3.37. The van der Waals surface area contributed by atoms with Crippen molar-refractivity contribution in [2.45, 2.75) is 70.8 Å². The highest BCUT2D eigenvalue weighted by Gasteiger charge is 2.46. The maximum absolute atomic E-state index is 13.5. The van der Waals surface area contributed by atoms with Gasteiger partial charge in [0.25, 0.3) is 5.91 Å². The van der Waals surface area contributed by atoms with Crippen molar-refractivity contribution in [2.24, 2.45) is 5.92 Å². The van der Waals surface area contributed by atoms with E-state index in [1.807, 2.05) is 11.8 Å². The summed E-state index contributed by atoms with van der Waals surface area (Å²) in [6, 6.07) is 6.57. The van der Waals surface area contributed by atoms with Gasteiger partial charge in [0.1, 0.15) is 5.75 Å². The summed E-state index contributed by atoms with van der Waals surface area (Å²) in [6.07, 6.45) is 11.0. The lowest BCUT2D eigenvalue weighted by molar-refractivity contribution is -0.129. The largest absolute Gasteiger partial charge is 0.496 e. The van der Waals surface area contributed by atoms with Crippen molar-refractivity contribution in [1.82, 2.24) is 18.5 Å². The van der Waals surface area contributed by atoms with Gasteiger partial charge in [0.15, 0.2) is 0 Å². The third-order valence-corrected chi connectivity index (χ3v) is 11.2. The van der Waals surface area contributed by atoms with Crippen LogP contribution in [0.5, 0.6) is 5.75 Å². The highest BCUT2D eigenvalue weighted by Crippen LogP contribution is 2.55. The molecule has 2 heterocycles. The molecule has 0 radical (unpaired) electrons. The number of carbonyl (C=O) groups excluding carboxylic acids is 2. The summed E-state index contributed by atoms with van der Waals surface area (Å²) >= 11 is 0. The molecule has 1 fully saturated rings. The first-order valence-corrected chi connectivity index (χ1v) is 16.9. The summed E-state index contributed by atoms with van der Waals surface area (Å²) in [5.74, 6) is 0.747. The minimum Gasteiger partial charge on any atom is -0.496 e. The molecule has 2 amide bonds. The number of allylic oxidation sites excluding steroid dienone is 4. The summed E-state index contributed by atoms with van der Waals surface area (Å²) in [6.45, 7) is 5.31. The Balaban J connectivity index is 1.55. The predicted molar refractivity (Wildman–Crippen MR) is 167 cm³/mol. The van der Waals surface area contributed by atoms with E-state index in [4.69, 9.17) is 4.74 Å². The van der Waals surface area contributed by atoms with Crippen LogP contribution in [-0.4, -0.2) is 68.3 Å². The maximum atomic E-state index is 13.5. The molecule has 3 aliphatic carbocycles. The van der Waals surface area contributed by atoms with E-state index in [-0.39, 0.29) is 17.7 Å². The van der Waals surface area contributed by atoms with Crippen molar-refractivity contribution in [2.75, 3.05) is 34.3 Å². The van der Waals surface area contributed by atoms with Crippen LogP contribution in [0, 0.1) is 5.92 Å². The number of carbonyl (C=O) groups is 2. The quantitative estimate of drug-likeness (QED) is 0.467. The minimum absolute atomic E-state index is 0.0425. The van der Waals surface area contributed by atoms with E-state index >= 15 is 0 Å². The molecular formula is C33H42N4O5S. The van der Waals surface area contributed by atoms with E-state index < -0.39 is 16.1 Å². The lowest BCUT2D eigenvalue weighted by Crippen LogP contribution is -2.39. The van der Waals surface area contributed by atoms with E-state index in [0.717, 1.165) is 62.6 Å². The van der Waals surface area contributed by atoms with Gasteiger partial charge in [-0.05, 0) is 72.4 Å². The monoisotopic (exact) mass is 606 g/mol. The average molecular weight is 607 g/mol. The molecule has 43 heavy (non-hydrogen) atoms. The van der Waals surface area contributed by atoms with Crippen molar-refractivity contribution in [1.29, 1.82) is 0 Å². The number of ether oxygens (including phenoxy) is 1. The van der Waals surface area contributed by atoms with Crippen molar-refractivity contribution >= 4 is 32.9 Å². The second-order valence-electron chi connectivity index (χ2n) is 12.4. The van der Waals surface area contributed by atoms with Crippen LogP contribution < -0.4 is 9.46 Å². The van der Waals surface area contributed by atoms with Gasteiger partial charge in [0.2, 0.25) is 5.91 Å². The molecule has 2 atom stereocenters. The summed E-state index contributed by atoms with van der Waals surface area (Å²) in [7, 11) is 0.560. The van der Waals surface area contributed by atoms with E-state index in [1.165, 1.54) is 38.9 Å². The number of rotatable bonds is 8. The molecule has 1 unspecified atom stereocenters. The fraction of sp³-hybridized carbons (Fsp3) is 0.515. The molecule has 9 nitrogen and oxygen atoms in total. The second kappa shape index (κ2) is 11.3. The van der Waals surface area contributed by atoms with Crippen LogP contribution in [0.25, 0.3) is 10.9 Å². The number of nitrogens with one attached hydrogen (secondary N) is 1. The van der Waals surface area contributed by atoms with Crippen molar-refractivity contribution in [3.8, 4) is 5.75 Å². The van der Waals surface area contributed by atoms with Gasteiger partial charge in [0.05, 0.1) is 18.2 Å². The second-order valence-corrected chi connectivity index (χ2v) is 14.3. The number of hydrogen-bond donors (Lipinski definition) is 1. The predicted octanol–water partition coefficient (Wildman–Crippen LogP) is 4.77. The molecule has 0 saturated heterocycles. The van der Waals surface area contributed by atoms with Gasteiger partial charge in [-0.25, -0.2) is 4.72 Å². The van der Waals surface area contributed by atoms with Gasteiger partial charge in [-0.3, -0.25) is 9.59 Å². The topological polar surface area (TPSA) is 101 Å². The normalized spacial score (nSPS) is 21.8. The Labute approximate surface area is 254 Å². The minimum atomic E-state index is -3.95. The Morgan fingerprint density at radius 3 is 2.53 bits per heavy atom. The average Bonchev–Trinajstić information content (AvgIpc) is 3.62. The van der Waals surface area contributed by atoms with Crippen LogP contribution in [-0.2, 0) is 26.3 Å². The fourth-order valence-corrected chi connectivity index (χ4v) is 8.09. The SMILES string of the molecule is CCN(C[C@@H]1CC=CC2=C3C(=C3C(=O)NS(=O)(=O)N(C)C)Cn3c(cc4c(OC)ccc(C5CCCCC5)c43)C21)C(C)=O. The van der Waals surface area contributed by atoms with Crippen LogP contribution in [0.4, 0.5) is 0 Å². The number of hydrogen-bond acceptors (Lipinski definition) is 5. The molecule has 230 valence electrons. The highest BCUT2D eigenvalue weighted by molar-refractivity contribution is 7.87. The lowest BCUT2D eigenvalue weighted by Gasteiger charge is -2.34. The molecule has 1 aromatic carbocycles. The molecule has 1 N–H and O–H groups in total. The summed E-state index contributed by atoms with van der Waals surface area (Å²) in [5.41, 5.74) is 6.85. The molecule has 0 spiro atoms. The van der Waals surface area contributed by atoms with E-state index in [0.29, 0.717) is 31.1 Å². The van der Waals surface area contributed by atoms with Crippen LogP contribution in [0.3, 0.4) is 0 Å². The maximum Gasteiger partial charge on any atom is 0.303 e. The van der Waals surface area contributed by atoms with E-state index in [9.17, 15) is 18.0 Å². The lowest BCUT2D eigenvalue weighted by atomic mass is 9.76. The summed E-state index contributed by atoms with van der Waals surface area (Å²) in [4.78, 5) is 27.9. The van der Waals surface area contributed by atoms with Gasteiger partial charge in [-0.15, -0.1) is 0 Å². The first-order chi connectivity index (χ1) is 20.6. The molecule has 1 aromatic heterocycles. The first-order valence-electron chi connectivity index (χ1n) is 15.4. The molecule has 10 heteroatoms. The number of nitrogens with zero attached hydrogens (tertiary/aromatic N) is 3. The zero-order chi connectivity index (χ0) is 30.6. The van der Waals surface area contributed by atoms with Crippen molar-refractivity contribution < 1.29 is 22.7 Å². The molecule has 1 saturated carbocycles. The first kappa shape index (κ1) is 29.7. The van der Waals surface area contributed by atoms with Gasteiger partial charge in [0, 0.05) is 57.7 Å². The Bertz CT molecular complexity index is 1690. The summed E-state index contributed by atoms with van der Waals surface area (Å²) < 4.78 is 36.7. The molecule has 0 bridgehead atoms. The van der Waals surface area contributed by atoms with Gasteiger partial charge in [-0.2, -0.15) is 12.7 Å². The number of benzene rings is 1. The number of methoxy groups -OCH3 is 1. The number of fused-ring (bicyclic) bond motifs is 6. The Morgan fingerprint density at radius 2 is 1.88 bits per heavy atom. The molecule has 6 rings (SSSR count). The van der Waals surface area contributed by atoms with Crippen LogP contribution >= 0.6 is 0 Å². The van der Waals surface area contributed by atoms with Crippen LogP contribution in [0.1, 0.15) is 75.5 Å². The zero-order valence-corrected chi connectivity index (χ0v) is 26.6. The standard InChI is InChI=1S/C33H42N4O5S/c1-6-36(20(2)38)18-22-13-10-14-24-29(22)27-17-25-28(42-5)16-15-23(21-11-8-7-9-12-21)32(25)37(27)19-26-30(24)31(26)33(39)34-43(40,41)35(3)4/h10,14-17,21-22,29H,6-9,11-13,18-19H2,1-5H3,(H,34,39)/t22-,29?/m0/s1. The third-order valence-electron chi connectivity index (χ3n) is 9.82. The zero-order valence-electron chi connectivity index (χ0n) is 25.8. The highest BCUT2D eigenvalue weighted by atomic mass is 32.2. The Morgan fingerprint density at radius 1 is 1.14 bits per heavy atom. The van der Waals surface area contributed by atoms with Gasteiger partial charge < -0.3 is 14.2 Å². The van der Waals surface area contributed by atoms with Crippen LogP contribution in [0.15, 0.2) is 52.6 Å².